The van der Waals surface area contributed by atoms with Gasteiger partial charge in [-0.1, -0.05) is 6.92 Å². The Kier molecular flexibility index (Phi) is 6.98. The van der Waals surface area contributed by atoms with Gasteiger partial charge in [-0.15, -0.1) is 0 Å². The van der Waals surface area contributed by atoms with E-state index in [1.807, 2.05) is 18.9 Å². The number of nitrogens with two attached hydrogens (primary N) is 1. The average molecular weight is 295 g/mol. The van der Waals surface area contributed by atoms with Crippen LogP contribution in [0.3, 0.4) is 0 Å². The largest absolute Gasteiger partial charge is 0.491 e. The Labute approximate surface area is 125 Å². The van der Waals surface area contributed by atoms with Crippen LogP contribution in [-0.4, -0.2) is 55.8 Å². The number of amides is 1. The summed E-state index contributed by atoms with van der Waals surface area (Å²) in [4.78, 5) is 13.3. The van der Waals surface area contributed by atoms with Crippen molar-refractivity contribution in [2.75, 3.05) is 39.5 Å². The second-order valence-electron chi connectivity index (χ2n) is 5.27. The van der Waals surface area contributed by atoms with E-state index in [0.717, 1.165) is 0 Å². The second kappa shape index (κ2) is 8.49. The summed E-state index contributed by atoms with van der Waals surface area (Å²) in [5, 5.41) is 12.6. The molecule has 2 unspecified atom stereocenters. The van der Waals surface area contributed by atoms with Gasteiger partial charge in [0.1, 0.15) is 18.5 Å². The molecule has 1 aromatic carbocycles. The summed E-state index contributed by atoms with van der Waals surface area (Å²) in [6.45, 7) is 3.07. The highest BCUT2D eigenvalue weighted by Crippen LogP contribution is 2.13. The van der Waals surface area contributed by atoms with Crippen LogP contribution in [0, 0.1) is 5.92 Å². The van der Waals surface area contributed by atoms with Gasteiger partial charge in [-0.3, -0.25) is 4.79 Å². The Bertz CT molecular complexity index is 436. The van der Waals surface area contributed by atoms with E-state index in [0.29, 0.717) is 24.5 Å². The first-order chi connectivity index (χ1) is 9.92. The van der Waals surface area contributed by atoms with Gasteiger partial charge in [0.2, 0.25) is 5.91 Å². The molecule has 2 atom stereocenters. The molecule has 118 valence electrons. The van der Waals surface area contributed by atoms with Gasteiger partial charge in [0, 0.05) is 31.7 Å². The van der Waals surface area contributed by atoms with Crippen LogP contribution < -0.4 is 15.8 Å². The van der Waals surface area contributed by atoms with Gasteiger partial charge >= 0.3 is 0 Å². The van der Waals surface area contributed by atoms with Crippen LogP contribution in [-0.2, 0) is 4.79 Å². The van der Waals surface area contributed by atoms with Crippen LogP contribution in [0.4, 0.5) is 5.69 Å². The molecule has 0 aliphatic heterocycles. The van der Waals surface area contributed by atoms with Crippen molar-refractivity contribution in [3.8, 4) is 5.75 Å². The number of benzene rings is 1. The number of rotatable bonds is 8. The predicted octanol–water partition coefficient (Wildman–Crippen LogP) is 0.322. The number of nitrogens with one attached hydrogen (secondary N) is 1. The molecule has 0 heterocycles. The number of carbonyl (C=O) groups excluding carboxylic acids is 1. The maximum atomic E-state index is 11.4. The lowest BCUT2D eigenvalue weighted by molar-refractivity contribution is -0.124. The fourth-order valence-electron chi connectivity index (χ4n) is 2.04. The summed E-state index contributed by atoms with van der Waals surface area (Å²) < 4.78 is 5.49. The Hall–Kier alpha value is -1.79. The molecule has 0 bridgehead atoms. The molecule has 0 spiro atoms. The minimum absolute atomic E-state index is 0.00513. The highest BCUT2D eigenvalue weighted by Gasteiger charge is 2.16. The maximum Gasteiger partial charge on any atom is 0.223 e. The molecular weight excluding hydrogens is 270 g/mol. The molecular formula is C15H25N3O3. The van der Waals surface area contributed by atoms with Crippen molar-refractivity contribution in [1.29, 1.82) is 0 Å². The fourth-order valence-corrected chi connectivity index (χ4v) is 2.04. The van der Waals surface area contributed by atoms with Crippen molar-refractivity contribution in [1.82, 2.24) is 10.2 Å². The first-order valence-electron chi connectivity index (χ1n) is 6.99. The van der Waals surface area contributed by atoms with Gasteiger partial charge in [0.05, 0.1) is 0 Å². The zero-order valence-corrected chi connectivity index (χ0v) is 12.9. The number of aliphatic hydroxyl groups excluding tert-OH is 1. The summed E-state index contributed by atoms with van der Waals surface area (Å²) in [7, 11) is 3.49. The second-order valence-corrected chi connectivity index (χ2v) is 5.27. The Morgan fingerprint density at radius 3 is 2.57 bits per heavy atom. The van der Waals surface area contributed by atoms with Gasteiger partial charge < -0.3 is 25.8 Å². The van der Waals surface area contributed by atoms with Crippen molar-refractivity contribution in [3.63, 3.8) is 0 Å². The van der Waals surface area contributed by atoms with Crippen LogP contribution in [0.2, 0.25) is 0 Å². The van der Waals surface area contributed by atoms with Crippen LogP contribution >= 0.6 is 0 Å². The molecule has 0 aromatic heterocycles. The summed E-state index contributed by atoms with van der Waals surface area (Å²) in [5.74, 6) is 0.546. The number of carbonyl (C=O) groups is 1. The molecule has 1 rings (SSSR count). The molecule has 4 N–H and O–H groups in total. The molecule has 1 amide bonds. The quantitative estimate of drug-likeness (QED) is 0.601. The standard InChI is InChI=1S/C15H25N3O3/c1-11(15(20)17-2)8-18(3)9-13(19)10-21-14-6-4-12(16)5-7-14/h4-7,11,13,19H,8-10,16H2,1-3H3,(H,17,20). The lowest BCUT2D eigenvalue weighted by Crippen LogP contribution is -2.39. The van der Waals surface area contributed by atoms with E-state index in [-0.39, 0.29) is 18.4 Å². The lowest BCUT2D eigenvalue weighted by atomic mass is 10.1. The van der Waals surface area contributed by atoms with Crippen LogP contribution in [0.15, 0.2) is 24.3 Å². The SMILES string of the molecule is CNC(=O)C(C)CN(C)CC(O)COc1ccc(N)cc1. The van der Waals surface area contributed by atoms with E-state index >= 15 is 0 Å². The summed E-state index contributed by atoms with van der Waals surface area (Å²) in [6, 6.07) is 7.02. The molecule has 0 aliphatic rings. The van der Waals surface area contributed by atoms with Gasteiger partial charge in [0.15, 0.2) is 0 Å². The number of ether oxygens (including phenoxy) is 1. The molecule has 0 aliphatic carbocycles. The fraction of sp³-hybridized carbons (Fsp3) is 0.533. The number of nitrogen functional groups attached to an aromatic ring is 1. The number of anilines is 1. The normalized spacial score (nSPS) is 13.8. The zero-order valence-electron chi connectivity index (χ0n) is 12.9. The van der Waals surface area contributed by atoms with Gasteiger partial charge in [-0.25, -0.2) is 0 Å². The minimum Gasteiger partial charge on any atom is -0.491 e. The number of aliphatic hydroxyl groups is 1. The first kappa shape index (κ1) is 17.3. The van der Waals surface area contributed by atoms with E-state index < -0.39 is 6.10 Å². The van der Waals surface area contributed by atoms with Gasteiger partial charge in [0.25, 0.3) is 0 Å². The number of likely N-dealkylation sites (N-methyl/N-ethyl adjacent to an activating group) is 1. The monoisotopic (exact) mass is 295 g/mol. The molecule has 0 saturated heterocycles. The van der Waals surface area contributed by atoms with E-state index in [1.54, 1.807) is 31.3 Å². The van der Waals surface area contributed by atoms with E-state index in [4.69, 9.17) is 10.5 Å². The molecule has 6 heteroatoms. The highest BCUT2D eigenvalue weighted by molar-refractivity contribution is 5.78. The molecule has 1 aromatic rings. The summed E-state index contributed by atoms with van der Waals surface area (Å²) >= 11 is 0. The van der Waals surface area contributed by atoms with Crippen LogP contribution in [0.5, 0.6) is 5.75 Å². The average Bonchev–Trinajstić information content (AvgIpc) is 2.45. The maximum absolute atomic E-state index is 11.4. The van der Waals surface area contributed by atoms with Crippen molar-refractivity contribution in [2.24, 2.45) is 5.92 Å². The van der Waals surface area contributed by atoms with Crippen molar-refractivity contribution >= 4 is 11.6 Å². The van der Waals surface area contributed by atoms with Crippen molar-refractivity contribution < 1.29 is 14.6 Å². The third-order valence-corrected chi connectivity index (χ3v) is 3.12. The topological polar surface area (TPSA) is 87.8 Å². The Morgan fingerprint density at radius 1 is 1.38 bits per heavy atom. The third kappa shape index (κ3) is 6.46. The first-order valence-corrected chi connectivity index (χ1v) is 6.99. The third-order valence-electron chi connectivity index (χ3n) is 3.12. The number of hydrogen-bond acceptors (Lipinski definition) is 5. The highest BCUT2D eigenvalue weighted by atomic mass is 16.5. The number of nitrogens with zero attached hydrogens (tertiary/aromatic N) is 1. The van der Waals surface area contributed by atoms with E-state index in [1.165, 1.54) is 0 Å². The van der Waals surface area contributed by atoms with Crippen LogP contribution in [0.1, 0.15) is 6.92 Å². The summed E-state index contributed by atoms with van der Waals surface area (Å²) in [6.07, 6.45) is -0.621. The predicted molar refractivity (Wildman–Crippen MR) is 83.1 cm³/mol. The van der Waals surface area contributed by atoms with Gasteiger partial charge in [-0.2, -0.15) is 0 Å². The summed E-state index contributed by atoms with van der Waals surface area (Å²) in [5.41, 5.74) is 6.26. The Morgan fingerprint density at radius 2 is 2.00 bits per heavy atom. The molecule has 21 heavy (non-hydrogen) atoms. The molecule has 0 fully saturated rings. The van der Waals surface area contributed by atoms with E-state index in [2.05, 4.69) is 5.32 Å². The lowest BCUT2D eigenvalue weighted by Gasteiger charge is -2.23. The molecule has 0 saturated carbocycles. The number of hydrogen-bond donors (Lipinski definition) is 3. The molecule has 0 radical (unpaired) electrons. The minimum atomic E-state index is -0.621. The van der Waals surface area contributed by atoms with E-state index in [9.17, 15) is 9.90 Å². The zero-order chi connectivity index (χ0) is 15.8. The van der Waals surface area contributed by atoms with Crippen LogP contribution in [0.25, 0.3) is 0 Å². The molecule has 6 nitrogen and oxygen atoms in total. The van der Waals surface area contributed by atoms with Gasteiger partial charge in [-0.05, 0) is 31.3 Å². The van der Waals surface area contributed by atoms with Crippen molar-refractivity contribution in [2.45, 2.75) is 13.0 Å². The Balaban J connectivity index is 2.30. The van der Waals surface area contributed by atoms with Crippen molar-refractivity contribution in [3.05, 3.63) is 24.3 Å². The smallest absolute Gasteiger partial charge is 0.223 e.